The summed E-state index contributed by atoms with van der Waals surface area (Å²) in [6.07, 6.45) is 2.78. The third-order valence-corrected chi connectivity index (χ3v) is 8.15. The number of hydrogen-bond acceptors (Lipinski definition) is 6. The van der Waals surface area contributed by atoms with Gasteiger partial charge in [0.25, 0.3) is 5.91 Å². The zero-order chi connectivity index (χ0) is 29.1. The molecule has 2 aliphatic heterocycles. The molecular weight excluding hydrogens is 540 g/mol. The second-order valence-electron chi connectivity index (χ2n) is 11.2. The average Bonchev–Trinajstić information content (AvgIpc) is 3.38. The Morgan fingerprint density at radius 1 is 1.02 bits per heavy atom. The molecule has 4 aromatic rings. The Bertz CT molecular complexity index is 1540. The van der Waals surface area contributed by atoms with Crippen molar-refractivity contribution in [3.05, 3.63) is 82.9 Å². The lowest BCUT2D eigenvalue weighted by Gasteiger charge is -2.34. The van der Waals surface area contributed by atoms with Crippen molar-refractivity contribution >= 4 is 28.3 Å². The van der Waals surface area contributed by atoms with E-state index in [1.807, 2.05) is 12.1 Å². The first-order valence-electron chi connectivity index (χ1n) is 14.4. The minimum Gasteiger partial charge on any atom is -0.489 e. The SMILES string of the molecule is CN1CCN(c2ccc(C(=O)Nc3n[nH]c4ccc(OCc5cc(F)cc(F)c5)cc34)c(CC3CCOCC3)c2)CC1. The second kappa shape index (κ2) is 12.5. The second-order valence-corrected chi connectivity index (χ2v) is 11.2. The predicted octanol–water partition coefficient (Wildman–Crippen LogP) is 5.39. The first-order chi connectivity index (χ1) is 20.4. The van der Waals surface area contributed by atoms with Crippen LogP contribution in [0.15, 0.2) is 54.6 Å². The summed E-state index contributed by atoms with van der Waals surface area (Å²) in [6.45, 7) is 5.43. The lowest BCUT2D eigenvalue weighted by atomic mass is 9.89. The maximum Gasteiger partial charge on any atom is 0.257 e. The summed E-state index contributed by atoms with van der Waals surface area (Å²) in [6, 6.07) is 14.7. The number of aromatic amines is 1. The van der Waals surface area contributed by atoms with Crippen LogP contribution < -0.4 is 15.0 Å². The Balaban J connectivity index is 1.22. The number of carbonyl (C=O) groups is 1. The molecule has 0 radical (unpaired) electrons. The predicted molar refractivity (Wildman–Crippen MR) is 158 cm³/mol. The molecule has 3 heterocycles. The van der Waals surface area contributed by atoms with Crippen LogP contribution in [0.1, 0.15) is 34.3 Å². The standard InChI is InChI=1S/C32H35F2N5O3/c1-38-8-10-39(11-9-38)26-2-4-28(23(17-26)14-21-6-12-41-13-7-21)32(40)35-31-29-19-27(3-5-30(29)36-37-31)42-20-22-15-24(33)18-25(34)16-22/h2-5,15-19,21H,6-14,20H2,1H3,(H2,35,36,37,40). The number of hydrogen-bond donors (Lipinski definition) is 2. The highest BCUT2D eigenvalue weighted by Gasteiger charge is 2.22. The molecule has 2 saturated heterocycles. The Hall–Kier alpha value is -4.02. The summed E-state index contributed by atoms with van der Waals surface area (Å²) in [5.74, 6) is -0.200. The molecule has 6 rings (SSSR count). The first kappa shape index (κ1) is 28.1. The van der Waals surface area contributed by atoms with Crippen molar-refractivity contribution in [1.82, 2.24) is 15.1 Å². The number of nitrogens with one attached hydrogen (secondary N) is 2. The molecule has 220 valence electrons. The summed E-state index contributed by atoms with van der Waals surface area (Å²) in [5.41, 5.74) is 3.91. The molecule has 0 bridgehead atoms. The quantitative estimate of drug-likeness (QED) is 0.293. The monoisotopic (exact) mass is 575 g/mol. The van der Waals surface area contributed by atoms with Crippen molar-refractivity contribution in [2.45, 2.75) is 25.9 Å². The molecule has 0 atom stereocenters. The summed E-state index contributed by atoms with van der Waals surface area (Å²) >= 11 is 0. The Kier molecular flexibility index (Phi) is 8.34. The maximum atomic E-state index is 13.7. The highest BCUT2D eigenvalue weighted by atomic mass is 19.1. The van der Waals surface area contributed by atoms with Gasteiger partial charge in [0.1, 0.15) is 24.0 Å². The molecule has 0 spiro atoms. The van der Waals surface area contributed by atoms with Crippen LogP contribution >= 0.6 is 0 Å². The van der Waals surface area contributed by atoms with Gasteiger partial charge in [-0.25, -0.2) is 8.78 Å². The molecule has 1 aromatic heterocycles. The third-order valence-electron chi connectivity index (χ3n) is 8.15. The largest absolute Gasteiger partial charge is 0.489 e. The van der Waals surface area contributed by atoms with E-state index in [1.54, 1.807) is 18.2 Å². The number of benzene rings is 3. The van der Waals surface area contributed by atoms with Gasteiger partial charge in [0.05, 0.1) is 5.52 Å². The van der Waals surface area contributed by atoms with E-state index in [0.29, 0.717) is 34.0 Å². The molecule has 2 fully saturated rings. The molecule has 0 aliphatic carbocycles. The fourth-order valence-corrected chi connectivity index (χ4v) is 5.71. The molecule has 0 unspecified atom stereocenters. The van der Waals surface area contributed by atoms with Crippen LogP contribution in [0.4, 0.5) is 20.3 Å². The van der Waals surface area contributed by atoms with Crippen molar-refractivity contribution in [3.8, 4) is 5.75 Å². The van der Waals surface area contributed by atoms with E-state index in [-0.39, 0.29) is 12.5 Å². The number of carbonyl (C=O) groups excluding carboxylic acids is 1. The number of halogens is 2. The average molecular weight is 576 g/mol. The van der Waals surface area contributed by atoms with Crippen molar-refractivity contribution in [3.63, 3.8) is 0 Å². The number of anilines is 2. The Labute approximate surface area is 243 Å². The van der Waals surface area contributed by atoms with Gasteiger partial charge in [-0.3, -0.25) is 9.89 Å². The van der Waals surface area contributed by atoms with Crippen molar-refractivity contribution < 1.29 is 23.0 Å². The molecule has 3 aromatic carbocycles. The summed E-state index contributed by atoms with van der Waals surface area (Å²) in [7, 11) is 2.14. The Morgan fingerprint density at radius 2 is 1.79 bits per heavy atom. The lowest BCUT2D eigenvalue weighted by molar-refractivity contribution is 0.0664. The van der Waals surface area contributed by atoms with Gasteiger partial charge in [-0.2, -0.15) is 5.10 Å². The highest BCUT2D eigenvalue weighted by molar-refractivity contribution is 6.09. The maximum absolute atomic E-state index is 13.7. The Morgan fingerprint density at radius 3 is 2.55 bits per heavy atom. The van der Waals surface area contributed by atoms with Gasteiger partial charge in [0.15, 0.2) is 5.82 Å². The van der Waals surface area contributed by atoms with Crippen LogP contribution in [0.5, 0.6) is 5.75 Å². The van der Waals surface area contributed by atoms with E-state index in [1.165, 1.54) is 12.1 Å². The topological polar surface area (TPSA) is 82.7 Å². The van der Waals surface area contributed by atoms with Crippen LogP contribution in [0.25, 0.3) is 10.9 Å². The molecule has 8 nitrogen and oxygen atoms in total. The zero-order valence-corrected chi connectivity index (χ0v) is 23.7. The minimum atomic E-state index is -0.656. The van der Waals surface area contributed by atoms with Crippen molar-refractivity contribution in [1.29, 1.82) is 0 Å². The fraction of sp³-hybridized carbons (Fsp3) is 0.375. The van der Waals surface area contributed by atoms with Crippen LogP contribution in [0.3, 0.4) is 0 Å². The smallest absolute Gasteiger partial charge is 0.257 e. The van der Waals surface area contributed by atoms with Crippen LogP contribution in [0, 0.1) is 17.6 Å². The number of nitrogens with zero attached hydrogens (tertiary/aromatic N) is 3. The van der Waals surface area contributed by atoms with Crippen LogP contribution in [-0.2, 0) is 17.8 Å². The number of piperazine rings is 1. The minimum absolute atomic E-state index is 0.00501. The number of likely N-dealkylation sites (N-methyl/N-ethyl adjacent to an activating group) is 1. The molecule has 2 aliphatic rings. The number of H-pyrrole nitrogens is 1. The first-order valence-corrected chi connectivity index (χ1v) is 14.4. The van der Waals surface area contributed by atoms with Gasteiger partial charge in [-0.05, 0) is 91.9 Å². The molecule has 1 amide bonds. The van der Waals surface area contributed by atoms with E-state index in [2.05, 4.69) is 38.4 Å². The lowest BCUT2D eigenvalue weighted by Crippen LogP contribution is -2.44. The van der Waals surface area contributed by atoms with Gasteiger partial charge in [0, 0.05) is 62.1 Å². The van der Waals surface area contributed by atoms with Crippen LogP contribution in [0.2, 0.25) is 0 Å². The van der Waals surface area contributed by atoms with E-state index in [9.17, 15) is 13.6 Å². The van der Waals surface area contributed by atoms with Gasteiger partial charge in [-0.1, -0.05) is 0 Å². The van der Waals surface area contributed by atoms with E-state index >= 15 is 0 Å². The van der Waals surface area contributed by atoms with Gasteiger partial charge in [-0.15, -0.1) is 0 Å². The molecule has 0 saturated carbocycles. The normalized spacial score (nSPS) is 16.6. The van der Waals surface area contributed by atoms with Crippen molar-refractivity contribution in [2.75, 3.05) is 56.7 Å². The highest BCUT2D eigenvalue weighted by Crippen LogP contribution is 2.30. The number of amides is 1. The van der Waals surface area contributed by atoms with E-state index < -0.39 is 11.6 Å². The number of ether oxygens (including phenoxy) is 2. The number of aromatic nitrogens is 2. The molecule has 42 heavy (non-hydrogen) atoms. The summed E-state index contributed by atoms with van der Waals surface area (Å²) < 4.78 is 38.5. The van der Waals surface area contributed by atoms with Gasteiger partial charge < -0.3 is 24.6 Å². The molecular formula is C32H35F2N5O3. The summed E-state index contributed by atoms with van der Waals surface area (Å²) in [4.78, 5) is 18.4. The van der Waals surface area contributed by atoms with Gasteiger partial charge >= 0.3 is 0 Å². The number of rotatable bonds is 8. The fourth-order valence-electron chi connectivity index (χ4n) is 5.71. The van der Waals surface area contributed by atoms with E-state index in [4.69, 9.17) is 9.47 Å². The zero-order valence-electron chi connectivity index (χ0n) is 23.7. The summed E-state index contributed by atoms with van der Waals surface area (Å²) in [5, 5.41) is 11.0. The molecule has 2 N–H and O–H groups in total. The van der Waals surface area contributed by atoms with Crippen molar-refractivity contribution in [2.24, 2.45) is 5.92 Å². The molecule has 10 heteroatoms. The van der Waals surface area contributed by atoms with E-state index in [0.717, 1.165) is 81.5 Å². The van der Waals surface area contributed by atoms with Crippen LogP contribution in [-0.4, -0.2) is 67.4 Å². The van der Waals surface area contributed by atoms with Gasteiger partial charge in [0.2, 0.25) is 0 Å². The number of fused-ring (bicyclic) bond motifs is 1. The third kappa shape index (κ3) is 6.55.